The molecule has 12 heteroatoms. The van der Waals surface area contributed by atoms with E-state index in [9.17, 15) is 36.2 Å². The molecule has 6 nitrogen and oxygen atoms in total. The quantitative estimate of drug-likeness (QED) is 0.169. The molecule has 1 saturated carbocycles. The zero-order chi connectivity index (χ0) is 30.0. The van der Waals surface area contributed by atoms with Crippen LogP contribution in [-0.2, 0) is 23.9 Å². The molecule has 1 aliphatic carbocycles. The Kier molecular flexibility index (Phi) is 8.65. The number of halogens is 6. The lowest BCUT2D eigenvalue weighted by molar-refractivity contribution is -0.145. The molecule has 1 heterocycles. The molecular weight excluding hydrogens is 566 g/mol. The fourth-order valence-corrected chi connectivity index (χ4v) is 5.37. The number of nitrogens with one attached hydrogen (secondary N) is 1. The van der Waals surface area contributed by atoms with Gasteiger partial charge in [0.05, 0.1) is 5.56 Å². The number of piperidine rings is 1. The van der Waals surface area contributed by atoms with E-state index < -0.39 is 41.3 Å². The minimum atomic E-state index is -4.50. The molecule has 1 aliphatic heterocycles. The van der Waals surface area contributed by atoms with Crippen LogP contribution in [0.2, 0.25) is 0 Å². The van der Waals surface area contributed by atoms with E-state index in [4.69, 9.17) is 9.47 Å². The van der Waals surface area contributed by atoms with E-state index in [1.165, 1.54) is 0 Å². The Bertz CT molecular complexity index is 1390. The number of hydrogen-bond donors (Lipinski definition) is 2. The third-order valence-corrected chi connectivity index (χ3v) is 7.58. The standard InChI is InChI=1S/C30H28F6N2O4/c31-24-13-26(33)25(32)12-18(24)14-38-15-22-23(16-38)28(22)37-9-10-41-20-5-1-17(2-6-20)11-27(29(39)40)42-21-7-3-19(4-8-21)30(34,35)36/h1-8,12-13,22-23,27-28,37H,9-11,14-16H2,(H,39,40)/t22-,23?,27-,28?/m0/s1. The summed E-state index contributed by atoms with van der Waals surface area (Å²) in [6, 6.07) is 12.5. The molecule has 2 fully saturated rings. The molecule has 0 radical (unpaired) electrons. The second-order valence-electron chi connectivity index (χ2n) is 10.5. The molecule has 224 valence electrons. The third kappa shape index (κ3) is 7.16. The normalized spacial score (nSPS) is 20.7. The van der Waals surface area contributed by atoms with Crippen molar-refractivity contribution in [2.24, 2.45) is 11.8 Å². The molecule has 0 spiro atoms. The Morgan fingerprint density at radius 1 is 0.929 bits per heavy atom. The maximum absolute atomic E-state index is 13.9. The highest BCUT2D eigenvalue weighted by Gasteiger charge is 2.55. The van der Waals surface area contributed by atoms with Crippen molar-refractivity contribution < 1.29 is 45.7 Å². The van der Waals surface area contributed by atoms with E-state index in [0.717, 1.165) is 43.4 Å². The van der Waals surface area contributed by atoms with Gasteiger partial charge < -0.3 is 19.9 Å². The van der Waals surface area contributed by atoms with Crippen molar-refractivity contribution in [2.45, 2.75) is 31.3 Å². The van der Waals surface area contributed by atoms with Crippen molar-refractivity contribution in [3.8, 4) is 11.5 Å². The van der Waals surface area contributed by atoms with Crippen LogP contribution < -0.4 is 14.8 Å². The van der Waals surface area contributed by atoms with Crippen molar-refractivity contribution in [1.29, 1.82) is 0 Å². The second-order valence-corrected chi connectivity index (χ2v) is 10.5. The first kappa shape index (κ1) is 29.7. The van der Waals surface area contributed by atoms with E-state index in [1.54, 1.807) is 24.3 Å². The molecule has 0 amide bonds. The molecule has 5 rings (SSSR count). The summed E-state index contributed by atoms with van der Waals surface area (Å²) < 4.78 is 89.9. The Balaban J connectivity index is 1.01. The van der Waals surface area contributed by atoms with Crippen molar-refractivity contribution in [3.05, 3.63) is 94.8 Å². The number of benzene rings is 3. The number of carboxylic acid groups (broad SMARTS) is 1. The lowest BCUT2D eigenvalue weighted by Gasteiger charge is -2.20. The van der Waals surface area contributed by atoms with Gasteiger partial charge in [0.25, 0.3) is 0 Å². The number of carboxylic acids is 1. The molecular formula is C30H28F6N2O4. The van der Waals surface area contributed by atoms with Gasteiger partial charge in [0.2, 0.25) is 0 Å². The molecule has 3 aromatic rings. The van der Waals surface area contributed by atoms with Gasteiger partial charge in [-0.25, -0.2) is 18.0 Å². The number of hydrogen-bond acceptors (Lipinski definition) is 5. The van der Waals surface area contributed by atoms with Crippen molar-refractivity contribution in [2.75, 3.05) is 26.2 Å². The second kappa shape index (κ2) is 12.2. The summed E-state index contributed by atoms with van der Waals surface area (Å²) in [5.41, 5.74) is -0.0584. The minimum absolute atomic E-state index is 0.00239. The number of fused-ring (bicyclic) bond motifs is 1. The van der Waals surface area contributed by atoms with Crippen molar-refractivity contribution in [3.63, 3.8) is 0 Å². The minimum Gasteiger partial charge on any atom is -0.492 e. The van der Waals surface area contributed by atoms with Crippen LogP contribution in [0.25, 0.3) is 0 Å². The molecule has 2 N–H and O–H groups in total. The van der Waals surface area contributed by atoms with Crippen LogP contribution in [0.15, 0.2) is 60.7 Å². The third-order valence-electron chi connectivity index (χ3n) is 7.58. The maximum Gasteiger partial charge on any atom is 0.416 e. The number of alkyl halides is 3. The number of aliphatic carboxylic acids is 1. The van der Waals surface area contributed by atoms with Crippen molar-refractivity contribution >= 4 is 5.97 Å². The highest BCUT2D eigenvalue weighted by molar-refractivity contribution is 5.73. The van der Waals surface area contributed by atoms with Gasteiger partial charge in [-0.1, -0.05) is 12.1 Å². The van der Waals surface area contributed by atoms with E-state index >= 15 is 0 Å². The Hall–Kier alpha value is -3.77. The molecule has 0 bridgehead atoms. The summed E-state index contributed by atoms with van der Waals surface area (Å²) in [6.07, 6.45) is -5.78. The van der Waals surface area contributed by atoms with Gasteiger partial charge in [0, 0.05) is 50.3 Å². The first-order valence-electron chi connectivity index (χ1n) is 13.4. The Morgan fingerprint density at radius 3 is 2.17 bits per heavy atom. The largest absolute Gasteiger partial charge is 0.492 e. The predicted octanol–water partition coefficient (Wildman–Crippen LogP) is 5.30. The molecule has 2 unspecified atom stereocenters. The summed E-state index contributed by atoms with van der Waals surface area (Å²) >= 11 is 0. The van der Waals surface area contributed by atoms with Crippen LogP contribution in [0.5, 0.6) is 11.5 Å². The molecule has 42 heavy (non-hydrogen) atoms. The first-order chi connectivity index (χ1) is 20.0. The fraction of sp³-hybridized carbons (Fsp3) is 0.367. The van der Waals surface area contributed by atoms with E-state index in [-0.39, 0.29) is 24.3 Å². The number of nitrogens with zero attached hydrogens (tertiary/aromatic N) is 1. The highest BCUT2D eigenvalue weighted by atomic mass is 19.4. The van der Waals surface area contributed by atoms with Crippen LogP contribution in [0, 0.1) is 29.3 Å². The maximum atomic E-state index is 13.9. The van der Waals surface area contributed by atoms with Crippen molar-refractivity contribution in [1.82, 2.24) is 10.2 Å². The van der Waals surface area contributed by atoms with Gasteiger partial charge in [-0.15, -0.1) is 0 Å². The fourth-order valence-electron chi connectivity index (χ4n) is 5.37. The average molecular weight is 595 g/mol. The predicted molar refractivity (Wildman–Crippen MR) is 140 cm³/mol. The van der Waals surface area contributed by atoms with Gasteiger partial charge in [0.1, 0.15) is 23.9 Å². The Labute approximate surface area is 237 Å². The highest BCUT2D eigenvalue weighted by Crippen LogP contribution is 2.45. The van der Waals surface area contributed by atoms with Crippen LogP contribution in [0.4, 0.5) is 26.3 Å². The molecule has 0 aromatic heterocycles. The Morgan fingerprint density at radius 2 is 1.55 bits per heavy atom. The number of rotatable bonds is 12. The smallest absolute Gasteiger partial charge is 0.416 e. The van der Waals surface area contributed by atoms with Gasteiger partial charge in [-0.05, 0) is 59.9 Å². The summed E-state index contributed by atoms with van der Waals surface area (Å²) in [6.45, 7) is 2.70. The van der Waals surface area contributed by atoms with Gasteiger partial charge >= 0.3 is 12.1 Å². The van der Waals surface area contributed by atoms with E-state index in [1.807, 2.05) is 4.90 Å². The lowest BCUT2D eigenvalue weighted by atomic mass is 10.1. The van der Waals surface area contributed by atoms with Crippen LogP contribution >= 0.6 is 0 Å². The summed E-state index contributed by atoms with van der Waals surface area (Å²) in [7, 11) is 0. The monoisotopic (exact) mass is 594 g/mol. The number of carbonyl (C=O) groups is 1. The lowest BCUT2D eigenvalue weighted by Crippen LogP contribution is -2.33. The number of likely N-dealkylation sites (tertiary alicyclic amines) is 1. The molecule has 1 saturated heterocycles. The van der Waals surface area contributed by atoms with Gasteiger partial charge in [0.15, 0.2) is 17.7 Å². The SMILES string of the molecule is O=C(O)[C@H](Cc1ccc(OCCNC2C3CN(Cc4cc(F)c(F)cc4F)C[C@@H]32)cc1)Oc1ccc(C(F)(F)F)cc1. The van der Waals surface area contributed by atoms with E-state index in [2.05, 4.69) is 5.32 Å². The van der Waals surface area contributed by atoms with Crippen LogP contribution in [-0.4, -0.2) is 54.4 Å². The van der Waals surface area contributed by atoms with Crippen LogP contribution in [0.3, 0.4) is 0 Å². The van der Waals surface area contributed by atoms with E-state index in [0.29, 0.717) is 48.4 Å². The zero-order valence-electron chi connectivity index (χ0n) is 22.2. The van der Waals surface area contributed by atoms with Crippen LogP contribution in [0.1, 0.15) is 16.7 Å². The topological polar surface area (TPSA) is 71.0 Å². The summed E-state index contributed by atoms with van der Waals surface area (Å²) in [5.74, 6) is -2.82. The first-order valence-corrected chi connectivity index (χ1v) is 13.4. The zero-order valence-corrected chi connectivity index (χ0v) is 22.2. The van der Waals surface area contributed by atoms with Gasteiger partial charge in [-0.2, -0.15) is 13.2 Å². The summed E-state index contributed by atoms with van der Waals surface area (Å²) in [5, 5.41) is 13.0. The summed E-state index contributed by atoms with van der Waals surface area (Å²) in [4.78, 5) is 13.7. The molecule has 3 aromatic carbocycles. The molecule has 4 atom stereocenters. The van der Waals surface area contributed by atoms with Gasteiger partial charge in [-0.3, -0.25) is 4.90 Å². The average Bonchev–Trinajstić information content (AvgIpc) is 3.39. The number of ether oxygens (including phenoxy) is 2. The molecule has 2 aliphatic rings.